The van der Waals surface area contributed by atoms with E-state index in [2.05, 4.69) is 93.6 Å². The molecule has 1 amide bonds. The van der Waals surface area contributed by atoms with Crippen molar-refractivity contribution in [2.75, 3.05) is 40.3 Å². The number of likely N-dealkylation sites (N-methyl/N-ethyl adjacent to an activating group) is 1. The molecule has 1 heterocycles. The summed E-state index contributed by atoms with van der Waals surface area (Å²) >= 11 is 0. The van der Waals surface area contributed by atoms with E-state index in [0.29, 0.717) is 18.3 Å². The quantitative estimate of drug-likeness (QED) is 0.117. The molecule has 3 N–H and O–H groups in total. The Bertz CT molecular complexity index is 1290. The Hall–Kier alpha value is -3.29. The minimum atomic E-state index is -0.513. The minimum Gasteiger partial charge on any atom is -0.489 e. The van der Waals surface area contributed by atoms with Crippen LogP contribution in [0.4, 0.5) is 4.79 Å². The zero-order chi connectivity index (χ0) is 31.4. The highest BCUT2D eigenvalue weighted by atomic mass is 16.6. The van der Waals surface area contributed by atoms with Crippen LogP contribution in [-0.2, 0) is 29.4 Å². The average molecular weight is 591 g/mol. The number of allylic oxidation sites excluding steroid dienone is 2. The van der Waals surface area contributed by atoms with E-state index < -0.39 is 6.09 Å². The molecule has 236 valence electrons. The number of fused-ring (bicyclic) bond motifs is 1. The molecule has 0 saturated carbocycles. The number of aromatic nitrogens is 1. The standard InChI is InChI=1S/C36H54N4O3/c1-9-32-34(29(25-39-32)17-22-40(7)8)33(10-2)42-23-11-19-38-35(41)43-30-15-14-28-13-12-27(5)36(6,31(28)24-30)18-21-37-20-16-26(3)4/h10-11,14-16,19,24-25,27,37,39H,9,12-13,17-18,20-23H2,1-8H3,(H,38,41)/b19-11+,33-10+/t27?,36-/m1/s1. The van der Waals surface area contributed by atoms with E-state index in [-0.39, 0.29) is 5.41 Å². The number of hydrogen-bond acceptors (Lipinski definition) is 5. The van der Waals surface area contributed by atoms with Crippen LogP contribution in [0.5, 0.6) is 5.75 Å². The Morgan fingerprint density at radius 2 is 2.05 bits per heavy atom. The SMILES string of the molecule is C/C=C(/OC/C=C/NC(=O)Oc1ccc2c(c1)[C@](C)(CCNCC=C(C)C)C(C)CC2)c1c(CCN(C)C)c[nH]c1CC. The third-order valence-corrected chi connectivity index (χ3v) is 8.71. The van der Waals surface area contributed by atoms with Crippen LogP contribution < -0.4 is 15.4 Å². The molecule has 1 aliphatic carbocycles. The van der Waals surface area contributed by atoms with E-state index in [1.807, 2.05) is 19.1 Å². The molecule has 2 atom stereocenters. The molecular formula is C36H54N4O3. The van der Waals surface area contributed by atoms with Crippen LogP contribution >= 0.6 is 0 Å². The van der Waals surface area contributed by atoms with Gasteiger partial charge in [-0.3, -0.25) is 5.32 Å². The van der Waals surface area contributed by atoms with Crippen molar-refractivity contribution in [2.45, 2.75) is 79.1 Å². The van der Waals surface area contributed by atoms with Crippen LogP contribution in [0.1, 0.15) is 82.3 Å². The molecule has 0 spiro atoms. The molecule has 0 bridgehead atoms. The van der Waals surface area contributed by atoms with Crippen LogP contribution in [0, 0.1) is 5.92 Å². The Balaban J connectivity index is 1.57. The van der Waals surface area contributed by atoms with Gasteiger partial charge in [0.05, 0.1) is 0 Å². The van der Waals surface area contributed by atoms with Crippen molar-refractivity contribution in [2.24, 2.45) is 5.92 Å². The van der Waals surface area contributed by atoms with Gasteiger partial charge in [-0.15, -0.1) is 0 Å². The first-order valence-corrected chi connectivity index (χ1v) is 15.8. The molecule has 0 aliphatic heterocycles. The van der Waals surface area contributed by atoms with Gasteiger partial charge in [-0.25, -0.2) is 4.79 Å². The predicted octanol–water partition coefficient (Wildman–Crippen LogP) is 7.15. The number of nitrogens with zero attached hydrogens (tertiary/aromatic N) is 1. The molecule has 1 aromatic carbocycles. The molecule has 1 aliphatic rings. The topological polar surface area (TPSA) is 78.6 Å². The van der Waals surface area contributed by atoms with E-state index in [0.717, 1.165) is 56.6 Å². The number of nitrogens with one attached hydrogen (secondary N) is 3. The van der Waals surface area contributed by atoms with Crippen molar-refractivity contribution in [3.8, 4) is 5.75 Å². The fourth-order valence-electron chi connectivity index (χ4n) is 5.82. The van der Waals surface area contributed by atoms with Gasteiger partial charge in [-0.1, -0.05) is 38.5 Å². The maximum Gasteiger partial charge on any atom is 0.416 e. The number of benzene rings is 1. The summed E-state index contributed by atoms with van der Waals surface area (Å²) in [4.78, 5) is 18.2. The van der Waals surface area contributed by atoms with Gasteiger partial charge in [0, 0.05) is 36.7 Å². The number of ether oxygens (including phenoxy) is 2. The second kappa shape index (κ2) is 16.5. The van der Waals surface area contributed by atoms with Crippen molar-refractivity contribution in [3.63, 3.8) is 0 Å². The first-order valence-electron chi connectivity index (χ1n) is 15.8. The molecule has 3 rings (SSSR count). The van der Waals surface area contributed by atoms with Gasteiger partial charge in [0.15, 0.2) is 0 Å². The lowest BCUT2D eigenvalue weighted by Gasteiger charge is -2.42. The molecule has 0 radical (unpaired) electrons. The van der Waals surface area contributed by atoms with Crippen molar-refractivity contribution < 1.29 is 14.3 Å². The average Bonchev–Trinajstić information content (AvgIpc) is 3.38. The lowest BCUT2D eigenvalue weighted by molar-refractivity contribution is 0.204. The molecule has 0 fully saturated rings. The number of amides is 1. The lowest BCUT2D eigenvalue weighted by atomic mass is 9.63. The van der Waals surface area contributed by atoms with E-state index in [1.165, 1.54) is 34.4 Å². The number of carbonyl (C=O) groups is 1. The minimum absolute atomic E-state index is 0.0204. The van der Waals surface area contributed by atoms with Gasteiger partial charge in [0.25, 0.3) is 0 Å². The fourth-order valence-corrected chi connectivity index (χ4v) is 5.82. The van der Waals surface area contributed by atoms with Crippen LogP contribution in [0.25, 0.3) is 5.76 Å². The van der Waals surface area contributed by atoms with Crippen LogP contribution in [0.2, 0.25) is 0 Å². The maximum atomic E-state index is 12.6. The Morgan fingerprint density at radius 1 is 1.26 bits per heavy atom. The van der Waals surface area contributed by atoms with Crippen molar-refractivity contribution >= 4 is 11.9 Å². The summed E-state index contributed by atoms with van der Waals surface area (Å²) in [6.07, 6.45) is 14.3. The second-order valence-corrected chi connectivity index (χ2v) is 12.4. The van der Waals surface area contributed by atoms with Crippen LogP contribution in [-0.4, -0.2) is 56.3 Å². The first kappa shape index (κ1) is 34.2. The summed E-state index contributed by atoms with van der Waals surface area (Å²) in [5.74, 6) is 1.96. The Morgan fingerprint density at radius 3 is 2.74 bits per heavy atom. The first-order chi connectivity index (χ1) is 20.6. The van der Waals surface area contributed by atoms with Crippen molar-refractivity contribution in [1.82, 2.24) is 20.5 Å². The number of aromatic amines is 1. The van der Waals surface area contributed by atoms with Gasteiger partial charge in [0.1, 0.15) is 18.1 Å². The molecule has 2 aromatic rings. The van der Waals surface area contributed by atoms with Gasteiger partial charge in [-0.05, 0) is 126 Å². The third kappa shape index (κ3) is 9.60. The highest BCUT2D eigenvalue weighted by molar-refractivity contribution is 5.71. The van der Waals surface area contributed by atoms with E-state index >= 15 is 0 Å². The van der Waals surface area contributed by atoms with E-state index in [9.17, 15) is 4.79 Å². The highest BCUT2D eigenvalue weighted by Gasteiger charge is 2.37. The van der Waals surface area contributed by atoms with Crippen molar-refractivity contribution in [3.05, 3.63) is 82.3 Å². The largest absolute Gasteiger partial charge is 0.489 e. The molecular weight excluding hydrogens is 536 g/mol. The zero-order valence-corrected chi connectivity index (χ0v) is 27.7. The van der Waals surface area contributed by atoms with Gasteiger partial charge >= 0.3 is 6.09 Å². The lowest BCUT2D eigenvalue weighted by Crippen LogP contribution is -2.38. The summed E-state index contributed by atoms with van der Waals surface area (Å²) in [7, 11) is 4.16. The monoisotopic (exact) mass is 590 g/mol. The van der Waals surface area contributed by atoms with Gasteiger partial charge in [-0.2, -0.15) is 0 Å². The summed E-state index contributed by atoms with van der Waals surface area (Å²) in [6, 6.07) is 6.10. The number of hydrogen-bond donors (Lipinski definition) is 3. The Kier molecular flexibility index (Phi) is 13.1. The van der Waals surface area contributed by atoms with Crippen LogP contribution in [0.3, 0.4) is 0 Å². The molecule has 7 nitrogen and oxygen atoms in total. The summed E-state index contributed by atoms with van der Waals surface area (Å²) in [6.45, 7) is 16.2. The predicted molar refractivity (Wildman–Crippen MR) is 179 cm³/mol. The van der Waals surface area contributed by atoms with E-state index in [1.54, 1.807) is 12.3 Å². The molecule has 0 saturated heterocycles. The number of rotatable bonds is 15. The smallest absolute Gasteiger partial charge is 0.416 e. The highest BCUT2D eigenvalue weighted by Crippen LogP contribution is 2.44. The Labute approximate surface area is 259 Å². The maximum absolute atomic E-state index is 12.6. The summed E-state index contributed by atoms with van der Waals surface area (Å²) in [5.41, 5.74) is 7.56. The molecule has 7 heteroatoms. The third-order valence-electron chi connectivity index (χ3n) is 8.71. The molecule has 1 aromatic heterocycles. The van der Waals surface area contributed by atoms with Gasteiger partial charge in [0.2, 0.25) is 0 Å². The second-order valence-electron chi connectivity index (χ2n) is 12.4. The zero-order valence-electron chi connectivity index (χ0n) is 27.7. The summed E-state index contributed by atoms with van der Waals surface area (Å²) in [5, 5.41) is 6.28. The summed E-state index contributed by atoms with van der Waals surface area (Å²) < 4.78 is 11.8. The number of H-pyrrole nitrogens is 1. The normalized spacial score (nSPS) is 18.5. The van der Waals surface area contributed by atoms with Gasteiger partial charge < -0.3 is 24.7 Å². The van der Waals surface area contributed by atoms with Crippen LogP contribution in [0.15, 0.2) is 54.4 Å². The van der Waals surface area contributed by atoms with E-state index in [4.69, 9.17) is 9.47 Å². The fraction of sp³-hybridized carbons (Fsp3) is 0.528. The number of aryl methyl sites for hydroxylation is 2. The van der Waals surface area contributed by atoms with Crippen molar-refractivity contribution in [1.29, 1.82) is 0 Å². The molecule has 1 unspecified atom stereocenters. The number of carbonyl (C=O) groups excluding carboxylic acids is 1. The molecule has 43 heavy (non-hydrogen) atoms.